The normalized spacial score (nSPS) is 11.1. The van der Waals surface area contributed by atoms with Crippen LogP contribution in [0.15, 0.2) is 53.5 Å². The fourth-order valence-electron chi connectivity index (χ4n) is 4.31. The number of benzene rings is 2. The molecule has 7 N–H and O–H groups in total. The number of carbonyl (C=O) groups is 1. The van der Waals surface area contributed by atoms with Crippen molar-refractivity contribution in [2.45, 2.75) is 52.1 Å². The molecule has 0 aliphatic rings. The summed E-state index contributed by atoms with van der Waals surface area (Å²) in [7, 11) is 0. The van der Waals surface area contributed by atoms with Gasteiger partial charge in [-0.1, -0.05) is 43.7 Å². The highest BCUT2D eigenvalue weighted by Gasteiger charge is 2.17. The van der Waals surface area contributed by atoms with Crippen molar-refractivity contribution in [1.82, 2.24) is 19.9 Å². The van der Waals surface area contributed by atoms with E-state index in [-0.39, 0.29) is 11.9 Å². The van der Waals surface area contributed by atoms with Crippen molar-refractivity contribution >= 4 is 39.6 Å². The Morgan fingerprint density at radius 2 is 1.81 bits per heavy atom. The Kier molecular flexibility index (Phi) is 7.99. The van der Waals surface area contributed by atoms with Gasteiger partial charge in [0.25, 0.3) is 5.91 Å². The first-order valence-electron chi connectivity index (χ1n) is 12.4. The minimum absolute atomic E-state index is 0.0475. The number of nitrogens with one attached hydrogen (secondary N) is 1. The number of nitrogen functional groups attached to an aromatic ring is 1. The molecule has 4 rings (SSSR count). The van der Waals surface area contributed by atoms with Crippen LogP contribution < -0.4 is 22.5 Å². The van der Waals surface area contributed by atoms with Crippen LogP contribution in [-0.2, 0) is 19.5 Å². The molecule has 1 amide bonds. The molecule has 0 saturated carbocycles. The lowest BCUT2D eigenvalue weighted by Gasteiger charge is -2.11. The molecule has 36 heavy (non-hydrogen) atoms. The lowest BCUT2D eigenvalue weighted by Crippen LogP contribution is -2.24. The number of amides is 1. The van der Waals surface area contributed by atoms with E-state index in [9.17, 15) is 4.79 Å². The van der Waals surface area contributed by atoms with Gasteiger partial charge in [0.15, 0.2) is 11.8 Å². The highest BCUT2D eigenvalue weighted by atomic mass is 16.1. The van der Waals surface area contributed by atoms with Crippen molar-refractivity contribution in [3.05, 3.63) is 65.5 Å². The van der Waals surface area contributed by atoms with Crippen LogP contribution >= 0.6 is 0 Å². The van der Waals surface area contributed by atoms with Gasteiger partial charge in [0, 0.05) is 30.5 Å². The quantitative estimate of drug-likeness (QED) is 0.145. The number of hydrogen-bond donors (Lipinski definition) is 4. The summed E-state index contributed by atoms with van der Waals surface area (Å²) in [4.78, 5) is 25.9. The number of aryl methyl sites for hydroxylation is 2. The molecule has 0 aliphatic carbocycles. The predicted molar refractivity (Wildman–Crippen MR) is 146 cm³/mol. The number of unbranched alkanes of at least 4 members (excludes halogenated alkanes) is 2. The number of imidazole rings is 1. The number of aromatic nitrogens is 3. The number of aliphatic imine (C=N–C) groups is 1. The molecule has 0 bridgehead atoms. The molecule has 0 spiro atoms. The molecular formula is C27H34N8O. The summed E-state index contributed by atoms with van der Waals surface area (Å²) < 4.78 is 2.29. The topological polar surface area (TPSA) is 150 Å². The van der Waals surface area contributed by atoms with Crippen LogP contribution in [0.3, 0.4) is 0 Å². The maximum atomic E-state index is 12.5. The zero-order chi connectivity index (χ0) is 25.5. The molecule has 4 aromatic rings. The van der Waals surface area contributed by atoms with Crippen molar-refractivity contribution in [2.75, 3.05) is 12.3 Å². The molecule has 0 fully saturated rings. The molecule has 2 aromatic carbocycles. The average Bonchev–Trinajstić information content (AvgIpc) is 3.25. The number of para-hydroxylation sites is 1. The number of fused-ring (bicyclic) bond motifs is 3. The maximum absolute atomic E-state index is 12.5. The van der Waals surface area contributed by atoms with Gasteiger partial charge in [0.05, 0.1) is 17.6 Å². The summed E-state index contributed by atoms with van der Waals surface area (Å²) in [5.41, 5.74) is 21.3. The molecule has 0 radical (unpaired) electrons. The number of anilines is 1. The second-order valence-electron chi connectivity index (χ2n) is 8.90. The van der Waals surface area contributed by atoms with E-state index in [4.69, 9.17) is 22.2 Å². The van der Waals surface area contributed by atoms with Crippen LogP contribution in [0, 0.1) is 0 Å². The number of nitrogens with two attached hydrogens (primary N) is 3. The molecule has 0 saturated heterocycles. The van der Waals surface area contributed by atoms with E-state index in [1.54, 1.807) is 12.1 Å². The minimum Gasteiger partial charge on any atom is -0.382 e. The standard InChI is InChI=1S/C27H34N8O/c1-2-3-10-22-34-23-24(20-8-4-5-9-21(20)33-25(23)28)35(22)16-7-6-15-31-26(36)19-13-11-18(12-14-19)17-32-27(29)30/h4-5,8-9,11-14H,2-3,6-7,10,15-17H2,1H3,(H2,28,33)(H,31,36)(H4,29,30,32). The summed E-state index contributed by atoms with van der Waals surface area (Å²) in [6.45, 7) is 3.97. The Labute approximate surface area is 210 Å². The number of pyridine rings is 1. The Bertz CT molecular complexity index is 1370. The molecule has 0 atom stereocenters. The van der Waals surface area contributed by atoms with Gasteiger partial charge in [-0.2, -0.15) is 0 Å². The molecule has 9 nitrogen and oxygen atoms in total. The SMILES string of the molecule is CCCCc1nc2c(N)nc3ccccc3c2n1CCCCNC(=O)c1ccc(CN=C(N)N)cc1. The largest absolute Gasteiger partial charge is 0.382 e. The second-order valence-corrected chi connectivity index (χ2v) is 8.90. The third-order valence-electron chi connectivity index (χ3n) is 6.20. The summed E-state index contributed by atoms with van der Waals surface area (Å²) in [6, 6.07) is 15.3. The number of nitrogens with zero attached hydrogens (tertiary/aromatic N) is 4. The number of rotatable bonds is 11. The van der Waals surface area contributed by atoms with E-state index in [0.29, 0.717) is 24.5 Å². The predicted octanol–water partition coefficient (Wildman–Crippen LogP) is 3.49. The van der Waals surface area contributed by atoms with Crippen LogP contribution in [0.5, 0.6) is 0 Å². The first kappa shape index (κ1) is 25.0. The Morgan fingerprint density at radius 1 is 1.03 bits per heavy atom. The van der Waals surface area contributed by atoms with Gasteiger partial charge in [0.2, 0.25) is 0 Å². The van der Waals surface area contributed by atoms with Gasteiger partial charge >= 0.3 is 0 Å². The van der Waals surface area contributed by atoms with Gasteiger partial charge < -0.3 is 27.1 Å². The zero-order valence-electron chi connectivity index (χ0n) is 20.7. The third kappa shape index (κ3) is 5.73. The first-order chi connectivity index (χ1) is 17.5. The number of guanidine groups is 1. The molecule has 0 aliphatic heterocycles. The van der Waals surface area contributed by atoms with Crippen LogP contribution in [0.2, 0.25) is 0 Å². The Balaban J connectivity index is 1.40. The zero-order valence-corrected chi connectivity index (χ0v) is 20.7. The first-order valence-corrected chi connectivity index (χ1v) is 12.4. The van der Waals surface area contributed by atoms with E-state index in [1.807, 2.05) is 30.3 Å². The molecular weight excluding hydrogens is 452 g/mol. The summed E-state index contributed by atoms with van der Waals surface area (Å²) in [5.74, 6) is 1.47. The van der Waals surface area contributed by atoms with E-state index < -0.39 is 0 Å². The summed E-state index contributed by atoms with van der Waals surface area (Å²) in [5, 5.41) is 4.08. The maximum Gasteiger partial charge on any atom is 0.251 e. The van der Waals surface area contributed by atoms with E-state index >= 15 is 0 Å². The van der Waals surface area contributed by atoms with E-state index in [2.05, 4.69) is 32.9 Å². The lowest BCUT2D eigenvalue weighted by molar-refractivity contribution is 0.0953. The lowest BCUT2D eigenvalue weighted by atomic mass is 10.1. The van der Waals surface area contributed by atoms with Crippen molar-refractivity contribution in [3.63, 3.8) is 0 Å². The Hall–Kier alpha value is -4.14. The molecule has 188 valence electrons. The summed E-state index contributed by atoms with van der Waals surface area (Å²) >= 11 is 0. The number of hydrogen-bond acceptors (Lipinski definition) is 5. The van der Waals surface area contributed by atoms with E-state index in [0.717, 1.165) is 72.0 Å². The number of carbonyl (C=O) groups excluding carboxylic acids is 1. The molecule has 2 aromatic heterocycles. The monoisotopic (exact) mass is 486 g/mol. The minimum atomic E-state index is -0.0926. The Morgan fingerprint density at radius 3 is 2.56 bits per heavy atom. The second kappa shape index (κ2) is 11.5. The molecule has 2 heterocycles. The van der Waals surface area contributed by atoms with Crippen LogP contribution in [0.1, 0.15) is 54.4 Å². The third-order valence-corrected chi connectivity index (χ3v) is 6.20. The molecule has 9 heteroatoms. The van der Waals surface area contributed by atoms with Gasteiger partial charge in [-0.3, -0.25) is 4.79 Å². The van der Waals surface area contributed by atoms with Crippen LogP contribution in [0.25, 0.3) is 21.9 Å². The van der Waals surface area contributed by atoms with E-state index in [1.165, 1.54) is 0 Å². The average molecular weight is 487 g/mol. The van der Waals surface area contributed by atoms with Crippen molar-refractivity contribution < 1.29 is 4.79 Å². The fourth-order valence-corrected chi connectivity index (χ4v) is 4.31. The molecule has 0 unspecified atom stereocenters. The van der Waals surface area contributed by atoms with Crippen LogP contribution in [0.4, 0.5) is 5.82 Å². The van der Waals surface area contributed by atoms with Gasteiger partial charge in [-0.15, -0.1) is 0 Å². The van der Waals surface area contributed by atoms with Crippen molar-refractivity contribution in [2.24, 2.45) is 16.5 Å². The highest BCUT2D eigenvalue weighted by Crippen LogP contribution is 2.29. The van der Waals surface area contributed by atoms with Gasteiger partial charge in [-0.25, -0.2) is 15.0 Å². The van der Waals surface area contributed by atoms with Gasteiger partial charge in [0.1, 0.15) is 11.3 Å². The highest BCUT2D eigenvalue weighted by molar-refractivity contribution is 6.06. The van der Waals surface area contributed by atoms with Crippen LogP contribution in [-0.4, -0.2) is 32.9 Å². The summed E-state index contributed by atoms with van der Waals surface area (Å²) in [6.07, 6.45) is 4.81. The van der Waals surface area contributed by atoms with Gasteiger partial charge in [-0.05, 0) is 43.0 Å². The van der Waals surface area contributed by atoms with Crippen molar-refractivity contribution in [1.29, 1.82) is 0 Å². The van der Waals surface area contributed by atoms with Crippen molar-refractivity contribution in [3.8, 4) is 0 Å². The smallest absolute Gasteiger partial charge is 0.251 e. The fraction of sp³-hybridized carbons (Fsp3) is 0.333.